The van der Waals surface area contributed by atoms with Gasteiger partial charge in [0, 0.05) is 12.8 Å². The summed E-state index contributed by atoms with van der Waals surface area (Å²) in [6.07, 6.45) is 126. The molecule has 0 fully saturated rings. The van der Waals surface area contributed by atoms with E-state index < -0.39 is 24.3 Å². The highest BCUT2D eigenvalue weighted by molar-refractivity contribution is 5.71. The van der Waals surface area contributed by atoms with Gasteiger partial charge in [-0.25, -0.2) is 4.79 Å². The smallest absolute Gasteiger partial charge is 0.361 e. The average Bonchev–Trinajstić information content (AvgIpc) is 0.965. The van der Waals surface area contributed by atoms with Gasteiger partial charge in [-0.2, -0.15) is 0 Å². The van der Waals surface area contributed by atoms with Crippen LogP contribution in [0.2, 0.25) is 0 Å². The topological polar surface area (TPSA) is 108 Å². The Bertz CT molecular complexity index is 2340. The van der Waals surface area contributed by atoms with Crippen LogP contribution in [0, 0.1) is 0 Å². The van der Waals surface area contributed by atoms with Crippen LogP contribution in [-0.4, -0.2) is 87.4 Å². The van der Waals surface area contributed by atoms with Gasteiger partial charge in [-0.05, 0) is 128 Å². The molecule has 2 unspecified atom stereocenters. The summed E-state index contributed by atoms with van der Waals surface area (Å²) in [4.78, 5) is 37.8. The summed E-state index contributed by atoms with van der Waals surface area (Å²) >= 11 is 0. The minimum absolute atomic E-state index is 0.176. The largest absolute Gasteiger partial charge is 0.477 e. The molecule has 612 valence electrons. The normalized spacial score (nSPS) is 13.4. The van der Waals surface area contributed by atoms with Crippen molar-refractivity contribution in [2.24, 2.45) is 0 Å². The van der Waals surface area contributed by atoms with Crippen molar-refractivity contribution in [2.75, 3.05) is 47.5 Å². The molecule has 0 aromatic rings. The second kappa shape index (κ2) is 86.5. The van der Waals surface area contributed by atoms with Crippen molar-refractivity contribution in [3.8, 4) is 0 Å². The summed E-state index contributed by atoms with van der Waals surface area (Å²) in [6, 6.07) is 0. The van der Waals surface area contributed by atoms with Crippen LogP contribution in [0.3, 0.4) is 0 Å². The van der Waals surface area contributed by atoms with Crippen LogP contribution in [0.4, 0.5) is 0 Å². The van der Waals surface area contributed by atoms with Crippen LogP contribution in [0.25, 0.3) is 0 Å². The number of allylic oxidation sites excluding steroid dienone is 26. The third-order valence-electron chi connectivity index (χ3n) is 19.3. The molecular weight excluding hydrogens is 1320 g/mol. The van der Waals surface area contributed by atoms with Crippen LogP contribution in [0.1, 0.15) is 386 Å². The Morgan fingerprint density at radius 3 is 0.804 bits per heavy atom. The predicted molar refractivity (Wildman–Crippen MR) is 465 cm³/mol. The predicted octanol–water partition coefficient (Wildman–Crippen LogP) is 29.5. The first-order valence-electron chi connectivity index (χ1n) is 44.6. The number of unbranched alkanes of at least 4 members (excludes halogenated alkanes) is 41. The van der Waals surface area contributed by atoms with Crippen molar-refractivity contribution >= 4 is 17.9 Å². The number of hydrogen-bond acceptors (Lipinski definition) is 7. The highest BCUT2D eigenvalue weighted by Crippen LogP contribution is 2.19. The fourth-order valence-corrected chi connectivity index (χ4v) is 12.5. The van der Waals surface area contributed by atoms with Crippen LogP contribution < -0.4 is 0 Å². The molecule has 0 aromatic carbocycles. The monoisotopic (exact) mass is 1490 g/mol. The molecule has 0 spiro atoms. The zero-order valence-corrected chi connectivity index (χ0v) is 70.3. The molecule has 2 atom stereocenters. The minimum Gasteiger partial charge on any atom is -0.477 e. The summed E-state index contributed by atoms with van der Waals surface area (Å²) < 4.78 is 23.0. The molecular formula is C98H168NO8+. The molecule has 0 aromatic heterocycles. The minimum atomic E-state index is -1.53. The number of aliphatic carboxylic acids is 1. The second-order valence-corrected chi connectivity index (χ2v) is 30.8. The number of carboxylic acid groups (broad SMARTS) is 1. The van der Waals surface area contributed by atoms with Crippen molar-refractivity contribution in [1.29, 1.82) is 0 Å². The first-order valence-corrected chi connectivity index (χ1v) is 44.6. The van der Waals surface area contributed by atoms with Crippen LogP contribution in [-0.2, 0) is 33.3 Å². The van der Waals surface area contributed by atoms with Gasteiger partial charge in [0.05, 0.1) is 34.4 Å². The van der Waals surface area contributed by atoms with Crippen LogP contribution in [0.5, 0.6) is 0 Å². The van der Waals surface area contributed by atoms with Crippen molar-refractivity contribution in [3.63, 3.8) is 0 Å². The van der Waals surface area contributed by atoms with Gasteiger partial charge >= 0.3 is 17.9 Å². The first kappa shape index (κ1) is 102. The fraction of sp³-hybridized carbons (Fsp3) is 0.704. The Morgan fingerprint density at radius 1 is 0.290 bits per heavy atom. The molecule has 0 saturated carbocycles. The maximum atomic E-state index is 13.0. The number of quaternary nitrogens is 1. The van der Waals surface area contributed by atoms with Crippen molar-refractivity contribution < 1.29 is 42.9 Å². The number of nitrogens with zero attached hydrogens (tertiary/aromatic N) is 1. The molecule has 0 aliphatic rings. The number of hydrogen-bond donors (Lipinski definition) is 1. The maximum Gasteiger partial charge on any atom is 0.361 e. The molecule has 107 heavy (non-hydrogen) atoms. The quantitative estimate of drug-likeness (QED) is 0.0211. The van der Waals surface area contributed by atoms with E-state index in [-0.39, 0.29) is 32.2 Å². The summed E-state index contributed by atoms with van der Waals surface area (Å²) in [5.74, 6) is -2.04. The summed E-state index contributed by atoms with van der Waals surface area (Å²) in [6.45, 7) is 4.76. The standard InChI is InChI=1S/C98H167NO8/c1-6-8-10-12-14-16-18-20-22-24-26-28-30-32-34-36-38-40-42-44-46-48-50-52-54-56-58-60-62-64-66-68-70-72-74-76-78-80-82-84-86-88-95(100)105-92-94(93-106-98(97(102)103)104-91-90-99(3,4)5)107-96(101)89-87-85-83-81-79-77-75-73-71-69-67-65-63-61-59-57-55-53-51-49-47-45-43-41-39-37-35-33-31-29-27-25-23-21-19-17-15-13-11-9-7-2/h9,11,15,17,21,23-24,26-27,29,33,35,39,41,45,47,51,53,57,59,63,65,69,71,75,77,94,98H,6-8,10,12-14,16,18-20,22,25,28,30-32,34,36-38,40,42-44,46,48-50,52,54-56,58,60-62,64,66-68,70,72-74,76,78-93H2,1-5H3/p+1/b11-9-,17-15-,23-21-,26-24-,29-27-,35-33-,41-39-,47-45-,53-51-,59-57-,65-63-,71-69-,77-75-. The molecule has 1 N–H and O–H groups in total. The van der Waals surface area contributed by atoms with E-state index in [1.54, 1.807) is 0 Å². The van der Waals surface area contributed by atoms with Crippen molar-refractivity contribution in [3.05, 3.63) is 158 Å². The SMILES string of the molecule is CC/C=C\C/C=C\C/C=C\C/C=C\C/C=C\C/C=C\C/C=C\C/C=C\C/C=C\C/C=C\C/C=C\C/C=C\CCCCCCC(=O)OC(COC(=O)CCCCCCCCCCCCCCCCCCCCCCCCCCCCCCC/C=C\CCCCCCCCCC)COC(OCC[N+](C)(C)C)C(=O)O. The number of rotatable bonds is 82. The highest BCUT2D eigenvalue weighted by Gasteiger charge is 2.25. The number of ether oxygens (including phenoxy) is 4. The van der Waals surface area contributed by atoms with E-state index in [2.05, 4.69) is 172 Å². The van der Waals surface area contributed by atoms with Crippen molar-refractivity contribution in [2.45, 2.75) is 399 Å². The van der Waals surface area contributed by atoms with E-state index in [4.69, 9.17) is 18.9 Å². The molecule has 0 amide bonds. The lowest BCUT2D eigenvalue weighted by Crippen LogP contribution is -2.40. The number of esters is 2. The average molecular weight is 1490 g/mol. The lowest BCUT2D eigenvalue weighted by atomic mass is 10.0. The Labute approximate surface area is 661 Å². The van der Waals surface area contributed by atoms with E-state index in [0.717, 1.165) is 122 Å². The number of carboxylic acids is 1. The van der Waals surface area contributed by atoms with E-state index >= 15 is 0 Å². The zero-order chi connectivity index (χ0) is 77.4. The van der Waals surface area contributed by atoms with Gasteiger partial charge in [0.15, 0.2) is 6.10 Å². The van der Waals surface area contributed by atoms with E-state index in [9.17, 15) is 19.5 Å². The van der Waals surface area contributed by atoms with Crippen LogP contribution in [0.15, 0.2) is 158 Å². The lowest BCUT2D eigenvalue weighted by molar-refractivity contribution is -0.870. The summed E-state index contributed by atoms with van der Waals surface area (Å²) in [5, 5.41) is 9.79. The van der Waals surface area contributed by atoms with Gasteiger partial charge in [0.25, 0.3) is 6.29 Å². The molecule has 0 radical (unpaired) electrons. The molecule has 0 aliphatic carbocycles. The van der Waals surface area contributed by atoms with Gasteiger partial charge in [0.1, 0.15) is 13.2 Å². The highest BCUT2D eigenvalue weighted by atomic mass is 16.7. The van der Waals surface area contributed by atoms with E-state index in [1.807, 2.05) is 21.1 Å². The third-order valence-corrected chi connectivity index (χ3v) is 19.3. The lowest BCUT2D eigenvalue weighted by Gasteiger charge is -2.25. The zero-order valence-electron chi connectivity index (χ0n) is 70.3. The summed E-state index contributed by atoms with van der Waals surface area (Å²) in [7, 11) is 5.97. The van der Waals surface area contributed by atoms with Gasteiger partial charge < -0.3 is 28.5 Å². The van der Waals surface area contributed by atoms with Crippen LogP contribution >= 0.6 is 0 Å². The Hall–Kier alpha value is -5.09. The van der Waals surface area contributed by atoms with Gasteiger partial charge in [-0.15, -0.1) is 0 Å². The first-order chi connectivity index (χ1) is 52.6. The van der Waals surface area contributed by atoms with E-state index in [0.29, 0.717) is 23.9 Å². The van der Waals surface area contributed by atoms with Gasteiger partial charge in [-0.1, -0.05) is 403 Å². The van der Waals surface area contributed by atoms with Gasteiger partial charge in [0.2, 0.25) is 0 Å². The maximum absolute atomic E-state index is 13.0. The van der Waals surface area contributed by atoms with Gasteiger partial charge in [-0.3, -0.25) is 9.59 Å². The molecule has 9 nitrogen and oxygen atoms in total. The van der Waals surface area contributed by atoms with Crippen molar-refractivity contribution in [1.82, 2.24) is 0 Å². The third kappa shape index (κ3) is 88.0. The molecule has 0 rings (SSSR count). The number of likely N-dealkylation sites (N-methyl/N-ethyl adjacent to an activating group) is 1. The molecule has 0 bridgehead atoms. The molecule has 0 saturated heterocycles. The van der Waals surface area contributed by atoms with E-state index in [1.165, 1.54) is 231 Å². The second-order valence-electron chi connectivity index (χ2n) is 30.8. The fourth-order valence-electron chi connectivity index (χ4n) is 12.5. The summed E-state index contributed by atoms with van der Waals surface area (Å²) in [5.41, 5.74) is 0. The molecule has 0 heterocycles. The Kier molecular flexibility index (Phi) is 82.4. The molecule has 0 aliphatic heterocycles. The number of carbonyl (C=O) groups excluding carboxylic acids is 2. The number of carbonyl (C=O) groups is 3. The Balaban J connectivity index is 4.05. The Morgan fingerprint density at radius 2 is 0.533 bits per heavy atom. The molecule has 9 heteroatoms.